The van der Waals surface area contributed by atoms with Gasteiger partial charge in [0.25, 0.3) is 5.91 Å². The highest BCUT2D eigenvalue weighted by Crippen LogP contribution is 2.07. The maximum atomic E-state index is 12.0. The second kappa shape index (κ2) is 12.5. The van der Waals surface area contributed by atoms with Crippen molar-refractivity contribution >= 4 is 17.7 Å². The number of nitrogens with one attached hydrogen (secondary N) is 1. The molecule has 0 aliphatic rings. The summed E-state index contributed by atoms with van der Waals surface area (Å²) < 4.78 is 5.49. The second-order valence-electron chi connectivity index (χ2n) is 5.41. The van der Waals surface area contributed by atoms with Gasteiger partial charge in [-0.1, -0.05) is 31.9 Å². The van der Waals surface area contributed by atoms with Crippen LogP contribution in [0.15, 0.2) is 24.3 Å². The van der Waals surface area contributed by atoms with E-state index in [0.717, 1.165) is 37.1 Å². The predicted molar refractivity (Wildman–Crippen MR) is 95.6 cm³/mol. The Bertz CT molecular complexity index is 406. The lowest BCUT2D eigenvalue weighted by atomic mass is 10.1. The van der Waals surface area contributed by atoms with Crippen LogP contribution in [0.2, 0.25) is 0 Å². The summed E-state index contributed by atoms with van der Waals surface area (Å²) >= 11 is 1.90. The fourth-order valence-corrected chi connectivity index (χ4v) is 2.61. The van der Waals surface area contributed by atoms with E-state index in [2.05, 4.69) is 18.5 Å². The molecule has 1 aromatic rings. The van der Waals surface area contributed by atoms with E-state index in [4.69, 9.17) is 4.74 Å². The molecule has 3 nitrogen and oxygen atoms in total. The van der Waals surface area contributed by atoms with Crippen molar-refractivity contribution in [2.45, 2.75) is 45.6 Å². The zero-order chi connectivity index (χ0) is 16.0. The molecule has 0 fully saturated rings. The number of carbonyl (C=O) groups is 1. The number of ether oxygens (including phenoxy) is 1. The Morgan fingerprint density at radius 1 is 1.14 bits per heavy atom. The van der Waals surface area contributed by atoms with Crippen LogP contribution in [-0.4, -0.2) is 31.1 Å². The molecule has 0 atom stereocenters. The van der Waals surface area contributed by atoms with Crippen LogP contribution in [-0.2, 0) is 11.3 Å². The van der Waals surface area contributed by atoms with Crippen LogP contribution in [0.5, 0.6) is 0 Å². The van der Waals surface area contributed by atoms with Crippen molar-refractivity contribution in [1.82, 2.24) is 5.32 Å². The smallest absolute Gasteiger partial charge is 0.251 e. The Morgan fingerprint density at radius 3 is 2.55 bits per heavy atom. The van der Waals surface area contributed by atoms with Crippen molar-refractivity contribution < 1.29 is 9.53 Å². The van der Waals surface area contributed by atoms with Crippen molar-refractivity contribution in [3.63, 3.8) is 0 Å². The highest BCUT2D eigenvalue weighted by molar-refractivity contribution is 7.98. The Balaban J connectivity index is 2.19. The van der Waals surface area contributed by atoms with Gasteiger partial charge in [-0.05, 0) is 49.0 Å². The van der Waals surface area contributed by atoms with E-state index < -0.39 is 0 Å². The minimum Gasteiger partial charge on any atom is -0.377 e. The molecule has 0 saturated heterocycles. The maximum Gasteiger partial charge on any atom is 0.251 e. The van der Waals surface area contributed by atoms with Gasteiger partial charge in [-0.15, -0.1) is 0 Å². The molecule has 124 valence electrons. The topological polar surface area (TPSA) is 38.3 Å². The standard InChI is InChI=1S/C18H29NO2S/c1-3-13-21-15-16-8-10-17(11-9-16)18(20)19-12-6-4-5-7-14-22-2/h8-11H,3-7,12-15H2,1-2H3,(H,19,20). The average molecular weight is 324 g/mol. The molecule has 0 aromatic heterocycles. The second-order valence-corrected chi connectivity index (χ2v) is 6.40. The average Bonchev–Trinajstić information content (AvgIpc) is 2.55. The summed E-state index contributed by atoms with van der Waals surface area (Å²) in [6.45, 7) is 4.25. The normalized spacial score (nSPS) is 10.6. The predicted octanol–water partition coefficient (Wildman–Crippen LogP) is 4.27. The number of rotatable bonds is 12. The SMILES string of the molecule is CCCOCc1ccc(C(=O)NCCCCCCSC)cc1. The molecule has 1 amide bonds. The summed E-state index contributed by atoms with van der Waals surface area (Å²) in [5.74, 6) is 1.26. The van der Waals surface area contributed by atoms with Gasteiger partial charge in [0.05, 0.1) is 6.61 Å². The molecule has 22 heavy (non-hydrogen) atoms. The Morgan fingerprint density at radius 2 is 1.86 bits per heavy atom. The zero-order valence-corrected chi connectivity index (χ0v) is 14.7. The first-order valence-electron chi connectivity index (χ1n) is 8.21. The maximum absolute atomic E-state index is 12.0. The number of amides is 1. The number of unbranched alkanes of at least 4 members (excludes halogenated alkanes) is 3. The van der Waals surface area contributed by atoms with E-state index in [9.17, 15) is 4.79 Å². The molecule has 4 heteroatoms. The molecule has 0 spiro atoms. The highest BCUT2D eigenvalue weighted by Gasteiger charge is 2.04. The third kappa shape index (κ3) is 8.44. The molecular weight excluding hydrogens is 294 g/mol. The van der Waals surface area contributed by atoms with Gasteiger partial charge in [0.1, 0.15) is 0 Å². The van der Waals surface area contributed by atoms with E-state index in [1.807, 2.05) is 36.0 Å². The van der Waals surface area contributed by atoms with Gasteiger partial charge in [-0.3, -0.25) is 4.79 Å². The van der Waals surface area contributed by atoms with E-state index in [-0.39, 0.29) is 5.91 Å². The molecule has 0 aliphatic heterocycles. The Hall–Kier alpha value is -1.00. The Labute approximate surface area is 139 Å². The van der Waals surface area contributed by atoms with Crippen LogP contribution in [0.4, 0.5) is 0 Å². The van der Waals surface area contributed by atoms with Crippen molar-refractivity contribution in [2.24, 2.45) is 0 Å². The first kappa shape index (κ1) is 19.0. The lowest BCUT2D eigenvalue weighted by molar-refractivity contribution is 0.0952. The first-order chi connectivity index (χ1) is 10.8. The van der Waals surface area contributed by atoms with Crippen molar-refractivity contribution in [3.05, 3.63) is 35.4 Å². The number of carbonyl (C=O) groups excluding carboxylic acids is 1. The van der Waals surface area contributed by atoms with Crippen molar-refractivity contribution in [1.29, 1.82) is 0 Å². The largest absolute Gasteiger partial charge is 0.377 e. The summed E-state index contributed by atoms with van der Waals surface area (Å²) in [6, 6.07) is 7.68. The van der Waals surface area contributed by atoms with Crippen LogP contribution in [0, 0.1) is 0 Å². The zero-order valence-electron chi connectivity index (χ0n) is 13.9. The summed E-state index contributed by atoms with van der Waals surface area (Å²) in [4.78, 5) is 12.0. The number of hydrogen-bond donors (Lipinski definition) is 1. The molecule has 0 unspecified atom stereocenters. The third-order valence-electron chi connectivity index (χ3n) is 3.39. The highest BCUT2D eigenvalue weighted by atomic mass is 32.2. The van der Waals surface area contributed by atoms with E-state index in [0.29, 0.717) is 6.61 Å². The van der Waals surface area contributed by atoms with Gasteiger partial charge in [0, 0.05) is 18.7 Å². The molecule has 1 aromatic carbocycles. The summed E-state index contributed by atoms with van der Waals surface area (Å²) in [7, 11) is 0. The number of hydrogen-bond acceptors (Lipinski definition) is 3. The molecule has 0 bridgehead atoms. The van der Waals surface area contributed by atoms with Crippen LogP contribution in [0.25, 0.3) is 0 Å². The van der Waals surface area contributed by atoms with E-state index >= 15 is 0 Å². The molecular formula is C18H29NO2S. The van der Waals surface area contributed by atoms with Crippen LogP contribution in [0.3, 0.4) is 0 Å². The summed E-state index contributed by atoms with van der Waals surface area (Å²) in [6.07, 6.45) is 7.94. The first-order valence-corrected chi connectivity index (χ1v) is 9.61. The fourth-order valence-electron chi connectivity index (χ4n) is 2.12. The Kier molecular flexibility index (Phi) is 10.9. The van der Waals surface area contributed by atoms with E-state index in [1.54, 1.807) is 0 Å². The molecule has 1 rings (SSSR count). The summed E-state index contributed by atoms with van der Waals surface area (Å²) in [5.41, 5.74) is 1.83. The number of thioether (sulfide) groups is 1. The van der Waals surface area contributed by atoms with Crippen LogP contribution in [0.1, 0.15) is 54.9 Å². The molecule has 0 heterocycles. The van der Waals surface area contributed by atoms with Gasteiger partial charge in [-0.2, -0.15) is 11.8 Å². The van der Waals surface area contributed by atoms with Crippen molar-refractivity contribution in [2.75, 3.05) is 25.2 Å². The van der Waals surface area contributed by atoms with Crippen molar-refractivity contribution in [3.8, 4) is 0 Å². The number of benzene rings is 1. The third-order valence-corrected chi connectivity index (χ3v) is 4.09. The van der Waals surface area contributed by atoms with E-state index in [1.165, 1.54) is 25.0 Å². The minimum atomic E-state index is 0.0186. The van der Waals surface area contributed by atoms with Gasteiger partial charge < -0.3 is 10.1 Å². The molecule has 0 radical (unpaired) electrons. The monoisotopic (exact) mass is 323 g/mol. The van der Waals surface area contributed by atoms with Gasteiger partial charge in [-0.25, -0.2) is 0 Å². The van der Waals surface area contributed by atoms with Crippen LogP contribution >= 0.6 is 11.8 Å². The molecule has 0 aliphatic carbocycles. The lowest BCUT2D eigenvalue weighted by Gasteiger charge is -2.07. The summed E-state index contributed by atoms with van der Waals surface area (Å²) in [5, 5.41) is 2.99. The van der Waals surface area contributed by atoms with Crippen LogP contribution < -0.4 is 5.32 Å². The molecule has 0 saturated carbocycles. The molecule has 1 N–H and O–H groups in total. The minimum absolute atomic E-state index is 0.0186. The fraction of sp³-hybridized carbons (Fsp3) is 0.611. The van der Waals surface area contributed by atoms with Gasteiger partial charge in [0.2, 0.25) is 0 Å². The van der Waals surface area contributed by atoms with Gasteiger partial charge >= 0.3 is 0 Å². The van der Waals surface area contributed by atoms with Gasteiger partial charge in [0.15, 0.2) is 0 Å². The lowest BCUT2D eigenvalue weighted by Crippen LogP contribution is -2.24. The quantitative estimate of drug-likeness (QED) is 0.584.